The Hall–Kier alpha value is 0.217. The second kappa shape index (κ2) is 2.45. The zero-order valence-electron chi connectivity index (χ0n) is 6.36. The van der Waals surface area contributed by atoms with Gasteiger partial charge >= 0.3 is 0 Å². The van der Waals surface area contributed by atoms with Crippen molar-refractivity contribution in [2.75, 3.05) is 0 Å². The van der Waals surface area contributed by atoms with Crippen LogP contribution < -0.4 is 0 Å². The highest BCUT2D eigenvalue weighted by molar-refractivity contribution is 5.75. The molecule has 0 bridgehead atoms. The van der Waals surface area contributed by atoms with Crippen molar-refractivity contribution in [3.63, 3.8) is 0 Å². The average molecular weight is 144 g/mol. The van der Waals surface area contributed by atoms with E-state index in [1.54, 1.807) is 0 Å². The molecule has 0 nitrogen and oxygen atoms in total. The topological polar surface area (TPSA) is 0 Å². The molecule has 0 radical (unpaired) electrons. The summed E-state index contributed by atoms with van der Waals surface area (Å²) in [6, 6.07) is 0. The van der Waals surface area contributed by atoms with Crippen LogP contribution in [-0.2, 0) is 0 Å². The van der Waals surface area contributed by atoms with Gasteiger partial charge in [-0.05, 0) is 34.6 Å². The lowest BCUT2D eigenvalue weighted by Gasteiger charge is -2.13. The smallest absolute Gasteiger partial charge is 0.0149 e. The minimum Gasteiger partial charge on any atom is -0.0622 e. The van der Waals surface area contributed by atoms with Crippen LogP contribution in [0.25, 0.3) is 0 Å². The van der Waals surface area contributed by atoms with Gasteiger partial charge in [-0.1, -0.05) is 27.7 Å². The summed E-state index contributed by atoms with van der Waals surface area (Å²) in [5, 5.41) is 0. The predicted molar refractivity (Wildman–Crippen MR) is 48.1 cm³/mol. The maximum Gasteiger partial charge on any atom is -0.0149 e. The van der Waals surface area contributed by atoms with Gasteiger partial charge in [0.2, 0.25) is 0 Å². The first kappa shape index (κ1) is 9.22. The van der Waals surface area contributed by atoms with E-state index >= 15 is 0 Å². The lowest BCUT2D eigenvalue weighted by atomic mass is 9.93. The van der Waals surface area contributed by atoms with Crippen LogP contribution in [0, 0.1) is 17.3 Å². The highest BCUT2D eigenvalue weighted by Gasteiger charge is 2.48. The lowest BCUT2D eigenvalue weighted by molar-refractivity contribution is 0.366. The van der Waals surface area contributed by atoms with Crippen molar-refractivity contribution in [1.82, 2.24) is 0 Å². The molecule has 1 aliphatic rings. The molecule has 1 aliphatic carbocycles. The van der Waals surface area contributed by atoms with Crippen molar-refractivity contribution < 1.29 is 0 Å². The highest BCUT2D eigenvalue weighted by atomic mass is 28.1. The van der Waals surface area contributed by atoms with Crippen molar-refractivity contribution in [2.45, 2.75) is 34.1 Å². The molecule has 2 unspecified atom stereocenters. The summed E-state index contributed by atoms with van der Waals surface area (Å²) in [6.45, 7) is 9.38. The van der Waals surface area contributed by atoms with E-state index in [-0.39, 0.29) is 11.0 Å². The van der Waals surface area contributed by atoms with Gasteiger partial charge in [0.25, 0.3) is 0 Å². The maximum atomic E-state index is 2.39. The van der Waals surface area contributed by atoms with Gasteiger partial charge in [0, 0.05) is 0 Å². The van der Waals surface area contributed by atoms with E-state index in [9.17, 15) is 0 Å². The second-order valence-corrected chi connectivity index (χ2v) is 3.77. The third kappa shape index (κ3) is 1.37. The first-order valence-electron chi connectivity index (χ1n) is 3.57. The van der Waals surface area contributed by atoms with E-state index in [1.165, 1.54) is 6.42 Å². The number of hydrogen-bond acceptors (Lipinski definition) is 0. The molecule has 0 saturated heterocycles. The van der Waals surface area contributed by atoms with Crippen LogP contribution in [0.2, 0.25) is 0 Å². The SMILES string of the molecule is CC(C)C1(C)CC1C.[SiH4]. The molecule has 56 valence electrons. The van der Waals surface area contributed by atoms with Gasteiger partial charge in [-0.3, -0.25) is 0 Å². The standard InChI is InChI=1S/C8H16.H4Si/c1-6(2)8(4)5-7(8)3;/h6-7H,5H2,1-4H3;1H4. The quantitative estimate of drug-likeness (QED) is 0.486. The number of rotatable bonds is 1. The Labute approximate surface area is 63.1 Å². The van der Waals surface area contributed by atoms with Crippen LogP contribution in [-0.4, -0.2) is 11.0 Å². The summed E-state index contributed by atoms with van der Waals surface area (Å²) in [5.74, 6) is 1.87. The summed E-state index contributed by atoms with van der Waals surface area (Å²) in [5.41, 5.74) is 0.708. The van der Waals surface area contributed by atoms with Crippen LogP contribution in [0.3, 0.4) is 0 Å². The number of hydrogen-bond donors (Lipinski definition) is 0. The van der Waals surface area contributed by atoms with Crippen molar-refractivity contribution in [3.8, 4) is 0 Å². The van der Waals surface area contributed by atoms with Crippen LogP contribution in [0.15, 0.2) is 0 Å². The molecule has 1 fully saturated rings. The molecule has 2 atom stereocenters. The molecule has 0 aliphatic heterocycles. The average Bonchev–Trinajstić information content (AvgIpc) is 2.17. The zero-order valence-corrected chi connectivity index (χ0v) is 6.36. The minimum atomic E-state index is 0. The first-order chi connectivity index (χ1) is 3.57. The van der Waals surface area contributed by atoms with E-state index in [0.717, 1.165) is 11.8 Å². The summed E-state index contributed by atoms with van der Waals surface area (Å²) >= 11 is 0. The maximum absolute atomic E-state index is 2.39. The van der Waals surface area contributed by atoms with Crippen molar-refractivity contribution in [3.05, 3.63) is 0 Å². The van der Waals surface area contributed by atoms with E-state index in [2.05, 4.69) is 27.7 Å². The summed E-state index contributed by atoms with van der Waals surface area (Å²) in [6.07, 6.45) is 1.45. The van der Waals surface area contributed by atoms with Gasteiger partial charge in [0.05, 0.1) is 0 Å². The molecule has 1 heteroatoms. The Kier molecular flexibility index (Phi) is 2.51. The van der Waals surface area contributed by atoms with Crippen molar-refractivity contribution in [2.24, 2.45) is 17.3 Å². The molecule has 0 aromatic carbocycles. The monoisotopic (exact) mass is 144 g/mol. The first-order valence-corrected chi connectivity index (χ1v) is 3.57. The molecule has 0 heterocycles. The van der Waals surface area contributed by atoms with Gasteiger partial charge in [0.15, 0.2) is 0 Å². The third-order valence-corrected chi connectivity index (χ3v) is 3.03. The fourth-order valence-corrected chi connectivity index (χ4v) is 1.41. The zero-order chi connectivity index (χ0) is 6.36. The summed E-state index contributed by atoms with van der Waals surface area (Å²) in [7, 11) is 0. The molecule has 1 rings (SSSR count). The van der Waals surface area contributed by atoms with E-state index in [4.69, 9.17) is 0 Å². The minimum absolute atomic E-state index is 0. The Balaban J connectivity index is 0.000000640. The van der Waals surface area contributed by atoms with E-state index in [1.807, 2.05) is 0 Å². The Morgan fingerprint density at radius 2 is 1.78 bits per heavy atom. The van der Waals surface area contributed by atoms with E-state index < -0.39 is 0 Å². The molecule has 0 aromatic rings. The molecule has 1 saturated carbocycles. The molecule has 0 amide bonds. The van der Waals surface area contributed by atoms with E-state index in [0.29, 0.717) is 5.41 Å². The van der Waals surface area contributed by atoms with Crippen LogP contribution in [0.5, 0.6) is 0 Å². The second-order valence-electron chi connectivity index (χ2n) is 3.77. The van der Waals surface area contributed by atoms with Crippen molar-refractivity contribution >= 4 is 11.0 Å². The van der Waals surface area contributed by atoms with Gasteiger partial charge in [-0.15, -0.1) is 0 Å². The molecular formula is C8H20Si. The predicted octanol–water partition coefficient (Wildman–Crippen LogP) is 1.24. The largest absolute Gasteiger partial charge is 0.0622 e. The molecular weight excluding hydrogens is 124 g/mol. The van der Waals surface area contributed by atoms with Gasteiger partial charge < -0.3 is 0 Å². The molecule has 0 N–H and O–H groups in total. The normalized spacial score (nSPS) is 40.3. The van der Waals surface area contributed by atoms with Gasteiger partial charge in [-0.25, -0.2) is 0 Å². The third-order valence-electron chi connectivity index (χ3n) is 3.03. The van der Waals surface area contributed by atoms with Gasteiger partial charge in [0.1, 0.15) is 0 Å². The van der Waals surface area contributed by atoms with Gasteiger partial charge in [-0.2, -0.15) is 0 Å². The highest BCUT2D eigenvalue weighted by Crippen LogP contribution is 2.56. The Bertz CT molecular complexity index is 98.7. The van der Waals surface area contributed by atoms with Crippen molar-refractivity contribution in [1.29, 1.82) is 0 Å². The van der Waals surface area contributed by atoms with Crippen LogP contribution >= 0.6 is 0 Å². The Morgan fingerprint density at radius 3 is 1.78 bits per heavy atom. The molecule has 0 spiro atoms. The fourth-order valence-electron chi connectivity index (χ4n) is 1.41. The van der Waals surface area contributed by atoms with Crippen LogP contribution in [0.1, 0.15) is 34.1 Å². The summed E-state index contributed by atoms with van der Waals surface area (Å²) < 4.78 is 0. The Morgan fingerprint density at radius 1 is 1.44 bits per heavy atom. The van der Waals surface area contributed by atoms with Crippen LogP contribution in [0.4, 0.5) is 0 Å². The summed E-state index contributed by atoms with van der Waals surface area (Å²) in [4.78, 5) is 0. The molecule has 9 heavy (non-hydrogen) atoms. The lowest BCUT2D eigenvalue weighted by Crippen LogP contribution is -2.05. The fraction of sp³-hybridized carbons (Fsp3) is 1.00. The molecule has 0 aromatic heterocycles.